The van der Waals surface area contributed by atoms with Gasteiger partial charge in [-0.05, 0) is 49.9 Å². The van der Waals surface area contributed by atoms with Gasteiger partial charge in [-0.1, -0.05) is 11.3 Å². The fourth-order valence-electron chi connectivity index (χ4n) is 2.46. The Kier molecular flexibility index (Phi) is 4.20. The number of nitrogens with one attached hydrogen (secondary N) is 1. The molecule has 1 amide bonds. The molecule has 1 aromatic carbocycles. The van der Waals surface area contributed by atoms with Crippen LogP contribution in [0.2, 0.25) is 0 Å². The van der Waals surface area contributed by atoms with Crippen LogP contribution in [0.4, 0.5) is 0 Å². The lowest BCUT2D eigenvalue weighted by Gasteiger charge is -2.09. The molecule has 1 saturated heterocycles. The van der Waals surface area contributed by atoms with Crippen LogP contribution in [0.25, 0.3) is 5.69 Å². The molecule has 0 unspecified atom stereocenters. The van der Waals surface area contributed by atoms with Crippen molar-refractivity contribution in [3.63, 3.8) is 0 Å². The van der Waals surface area contributed by atoms with E-state index in [9.17, 15) is 4.79 Å². The topological polar surface area (TPSA) is 69.0 Å². The molecule has 0 saturated carbocycles. The van der Waals surface area contributed by atoms with Gasteiger partial charge in [0.2, 0.25) is 0 Å². The van der Waals surface area contributed by atoms with E-state index in [1.165, 1.54) is 11.1 Å². The summed E-state index contributed by atoms with van der Waals surface area (Å²) in [5.41, 5.74) is 3.61. The lowest BCUT2D eigenvalue weighted by atomic mass is 10.1. The SMILES string of the molecule is Cc1ccc(-n2cc(C(=O)NC[C@H]3CCCO3)nn2)cc1C. The maximum absolute atomic E-state index is 12.1. The fraction of sp³-hybridized carbons (Fsp3) is 0.438. The minimum Gasteiger partial charge on any atom is -0.376 e. The van der Waals surface area contributed by atoms with Gasteiger partial charge in [-0.25, -0.2) is 4.68 Å². The van der Waals surface area contributed by atoms with Crippen molar-refractivity contribution in [1.29, 1.82) is 0 Å². The number of nitrogens with zero attached hydrogens (tertiary/aromatic N) is 3. The van der Waals surface area contributed by atoms with Crippen LogP contribution in [0.3, 0.4) is 0 Å². The van der Waals surface area contributed by atoms with Crippen molar-refractivity contribution in [3.8, 4) is 5.69 Å². The van der Waals surface area contributed by atoms with Gasteiger partial charge >= 0.3 is 0 Å². The predicted octanol–water partition coefficient (Wildman–Crippen LogP) is 1.79. The molecule has 1 aromatic heterocycles. The van der Waals surface area contributed by atoms with Crippen LogP contribution in [0, 0.1) is 13.8 Å². The Labute approximate surface area is 129 Å². The van der Waals surface area contributed by atoms with Gasteiger partial charge in [0.25, 0.3) is 5.91 Å². The van der Waals surface area contributed by atoms with Gasteiger partial charge in [0, 0.05) is 13.2 Å². The van der Waals surface area contributed by atoms with Gasteiger partial charge in [-0.15, -0.1) is 5.10 Å². The summed E-state index contributed by atoms with van der Waals surface area (Å²) in [6.07, 6.45) is 3.83. The molecular formula is C16H20N4O2. The van der Waals surface area contributed by atoms with Crippen molar-refractivity contribution in [2.45, 2.75) is 32.8 Å². The van der Waals surface area contributed by atoms with Gasteiger partial charge < -0.3 is 10.1 Å². The van der Waals surface area contributed by atoms with E-state index < -0.39 is 0 Å². The molecule has 3 rings (SSSR count). The van der Waals surface area contributed by atoms with Gasteiger partial charge in [0.1, 0.15) is 0 Å². The quantitative estimate of drug-likeness (QED) is 0.934. The second kappa shape index (κ2) is 6.27. The van der Waals surface area contributed by atoms with Crippen LogP contribution < -0.4 is 5.32 Å². The van der Waals surface area contributed by atoms with E-state index in [4.69, 9.17) is 4.74 Å². The van der Waals surface area contributed by atoms with Gasteiger partial charge in [0.05, 0.1) is 18.0 Å². The van der Waals surface area contributed by atoms with Gasteiger partial charge in [0.15, 0.2) is 5.69 Å². The van der Waals surface area contributed by atoms with Gasteiger partial charge in [-0.3, -0.25) is 4.79 Å². The van der Waals surface area contributed by atoms with E-state index in [0.29, 0.717) is 12.2 Å². The lowest BCUT2D eigenvalue weighted by molar-refractivity contribution is 0.0853. The number of ether oxygens (including phenoxy) is 1. The van der Waals surface area contributed by atoms with Crippen LogP contribution in [-0.2, 0) is 4.74 Å². The average Bonchev–Trinajstić information content (AvgIpc) is 3.18. The molecule has 1 atom stereocenters. The monoisotopic (exact) mass is 300 g/mol. The minimum atomic E-state index is -0.217. The zero-order chi connectivity index (χ0) is 15.5. The number of hydrogen-bond donors (Lipinski definition) is 1. The maximum Gasteiger partial charge on any atom is 0.273 e. The number of rotatable bonds is 4. The van der Waals surface area contributed by atoms with E-state index in [-0.39, 0.29) is 12.0 Å². The standard InChI is InChI=1S/C16H20N4O2/c1-11-5-6-13(8-12(11)2)20-10-15(18-19-20)16(21)17-9-14-4-3-7-22-14/h5-6,8,10,14H,3-4,7,9H2,1-2H3,(H,17,21)/t14-/m1/s1. The van der Waals surface area contributed by atoms with Crippen molar-refractivity contribution in [1.82, 2.24) is 20.3 Å². The molecule has 6 heteroatoms. The van der Waals surface area contributed by atoms with Gasteiger partial charge in [-0.2, -0.15) is 0 Å². The maximum atomic E-state index is 12.1. The number of aromatic nitrogens is 3. The molecule has 0 radical (unpaired) electrons. The van der Waals surface area contributed by atoms with Crippen LogP contribution in [0.5, 0.6) is 0 Å². The lowest BCUT2D eigenvalue weighted by Crippen LogP contribution is -2.31. The normalized spacial score (nSPS) is 17.6. The Bertz CT molecular complexity index is 675. The summed E-state index contributed by atoms with van der Waals surface area (Å²) < 4.78 is 7.10. The van der Waals surface area contributed by atoms with E-state index >= 15 is 0 Å². The highest BCUT2D eigenvalue weighted by molar-refractivity contribution is 5.91. The number of benzene rings is 1. The first-order valence-corrected chi connectivity index (χ1v) is 7.53. The fourth-order valence-corrected chi connectivity index (χ4v) is 2.46. The third-order valence-electron chi connectivity index (χ3n) is 4.00. The summed E-state index contributed by atoms with van der Waals surface area (Å²) in [7, 11) is 0. The zero-order valence-electron chi connectivity index (χ0n) is 12.9. The Morgan fingerprint density at radius 2 is 2.27 bits per heavy atom. The van der Waals surface area contributed by atoms with Crippen molar-refractivity contribution in [3.05, 3.63) is 41.2 Å². The first-order chi connectivity index (χ1) is 10.6. The highest BCUT2D eigenvalue weighted by atomic mass is 16.5. The largest absolute Gasteiger partial charge is 0.376 e. The summed E-state index contributed by atoms with van der Waals surface area (Å²) in [6.45, 7) is 5.41. The summed E-state index contributed by atoms with van der Waals surface area (Å²) in [6, 6.07) is 6.02. The summed E-state index contributed by atoms with van der Waals surface area (Å²) in [5, 5.41) is 10.8. The van der Waals surface area contributed by atoms with Crippen molar-refractivity contribution in [2.24, 2.45) is 0 Å². The third-order valence-corrected chi connectivity index (χ3v) is 4.00. The molecule has 2 heterocycles. The van der Waals surface area contributed by atoms with E-state index in [2.05, 4.69) is 22.6 Å². The van der Waals surface area contributed by atoms with E-state index in [1.807, 2.05) is 25.1 Å². The number of carbonyl (C=O) groups is 1. The highest BCUT2D eigenvalue weighted by Gasteiger charge is 2.18. The predicted molar refractivity (Wildman–Crippen MR) is 82.1 cm³/mol. The molecule has 0 bridgehead atoms. The minimum absolute atomic E-state index is 0.124. The number of amides is 1. The molecular weight excluding hydrogens is 280 g/mol. The Hall–Kier alpha value is -2.21. The van der Waals surface area contributed by atoms with Crippen molar-refractivity contribution in [2.75, 3.05) is 13.2 Å². The molecule has 22 heavy (non-hydrogen) atoms. The average molecular weight is 300 g/mol. The highest BCUT2D eigenvalue weighted by Crippen LogP contribution is 2.14. The number of hydrogen-bond acceptors (Lipinski definition) is 4. The van der Waals surface area contributed by atoms with E-state index in [1.54, 1.807) is 10.9 Å². The number of aryl methyl sites for hydroxylation is 2. The Morgan fingerprint density at radius 3 is 3.00 bits per heavy atom. The Morgan fingerprint density at radius 1 is 1.41 bits per heavy atom. The molecule has 6 nitrogen and oxygen atoms in total. The molecule has 1 N–H and O–H groups in total. The first-order valence-electron chi connectivity index (χ1n) is 7.53. The third kappa shape index (κ3) is 3.17. The van der Waals surface area contributed by atoms with Crippen LogP contribution in [0.15, 0.2) is 24.4 Å². The second-order valence-electron chi connectivity index (χ2n) is 5.66. The van der Waals surface area contributed by atoms with Crippen LogP contribution >= 0.6 is 0 Å². The van der Waals surface area contributed by atoms with E-state index in [0.717, 1.165) is 25.1 Å². The molecule has 116 valence electrons. The Balaban J connectivity index is 1.67. The van der Waals surface area contributed by atoms with Crippen LogP contribution in [-0.4, -0.2) is 40.2 Å². The molecule has 0 spiro atoms. The zero-order valence-corrected chi connectivity index (χ0v) is 12.9. The molecule has 0 aliphatic carbocycles. The van der Waals surface area contributed by atoms with Crippen molar-refractivity contribution >= 4 is 5.91 Å². The summed E-state index contributed by atoms with van der Waals surface area (Å²) >= 11 is 0. The summed E-state index contributed by atoms with van der Waals surface area (Å²) in [4.78, 5) is 12.1. The molecule has 1 aliphatic heterocycles. The second-order valence-corrected chi connectivity index (χ2v) is 5.66. The molecule has 1 aliphatic rings. The van der Waals surface area contributed by atoms with Crippen molar-refractivity contribution < 1.29 is 9.53 Å². The number of carbonyl (C=O) groups excluding carboxylic acids is 1. The van der Waals surface area contributed by atoms with Crippen LogP contribution in [0.1, 0.15) is 34.5 Å². The molecule has 2 aromatic rings. The summed E-state index contributed by atoms with van der Waals surface area (Å²) in [5.74, 6) is -0.217. The molecule has 1 fully saturated rings. The smallest absolute Gasteiger partial charge is 0.273 e. The first kappa shape index (κ1) is 14.7.